The first-order valence-electron chi connectivity index (χ1n) is 7.45. The molecule has 0 saturated heterocycles. The van der Waals surface area contributed by atoms with Crippen LogP contribution in [0.15, 0.2) is 46.0 Å². The summed E-state index contributed by atoms with van der Waals surface area (Å²) in [4.78, 5) is 23.3. The predicted octanol–water partition coefficient (Wildman–Crippen LogP) is 2.17. The van der Waals surface area contributed by atoms with Crippen molar-refractivity contribution >= 4 is 44.6 Å². The Hall–Kier alpha value is -1.90. The fourth-order valence-corrected chi connectivity index (χ4v) is 5.15. The maximum Gasteiger partial charge on any atom is 0.309 e. The molecule has 1 heterocycles. The van der Waals surface area contributed by atoms with E-state index in [9.17, 15) is 18.0 Å². The van der Waals surface area contributed by atoms with Gasteiger partial charge in [0.05, 0.1) is 0 Å². The smallest absolute Gasteiger partial charge is 0.309 e. The summed E-state index contributed by atoms with van der Waals surface area (Å²) < 4.78 is 26.0. The Labute approximate surface area is 155 Å². The van der Waals surface area contributed by atoms with E-state index in [0.29, 0.717) is 17.1 Å². The Balaban J connectivity index is 2.29. The van der Waals surface area contributed by atoms with Crippen molar-refractivity contribution in [3.05, 3.63) is 52.4 Å². The van der Waals surface area contributed by atoms with Gasteiger partial charge in [0.2, 0.25) is 0 Å². The fraction of sp³-hybridized carbons (Fsp3) is 0.250. The second-order valence-electron chi connectivity index (χ2n) is 5.09. The molecule has 0 saturated carbocycles. The van der Waals surface area contributed by atoms with Gasteiger partial charge in [0.1, 0.15) is 9.46 Å². The Kier molecular flexibility index (Phi) is 6.57. The summed E-state index contributed by atoms with van der Waals surface area (Å²) in [6, 6.07) is 9.50. The largest absolute Gasteiger partial charge is 0.348 e. The van der Waals surface area contributed by atoms with E-state index in [1.165, 1.54) is 6.07 Å². The summed E-state index contributed by atoms with van der Waals surface area (Å²) in [5.74, 6) is -1.67. The molecule has 0 spiro atoms. The zero-order valence-electron chi connectivity index (χ0n) is 13.4. The average Bonchev–Trinajstić information content (AvgIpc) is 3.12. The molecule has 2 N–H and O–H groups in total. The third-order valence-corrected chi connectivity index (χ3v) is 7.17. The van der Waals surface area contributed by atoms with Gasteiger partial charge < -0.3 is 10.6 Å². The van der Waals surface area contributed by atoms with E-state index in [2.05, 4.69) is 10.6 Å². The lowest BCUT2D eigenvalue weighted by Gasteiger charge is -2.18. The molecule has 6 nitrogen and oxygen atoms in total. The first-order chi connectivity index (χ1) is 11.9. The number of carbonyl (C=O) groups is 2. The quantitative estimate of drug-likeness (QED) is 0.727. The first kappa shape index (κ1) is 19.4. The zero-order valence-corrected chi connectivity index (χ0v) is 15.7. The molecular formula is C16H17ClN2O4S2. The number of halogens is 1. The topological polar surface area (TPSA) is 92.3 Å². The van der Waals surface area contributed by atoms with Crippen LogP contribution in [-0.4, -0.2) is 33.3 Å². The van der Waals surface area contributed by atoms with E-state index in [1.807, 2.05) is 0 Å². The van der Waals surface area contributed by atoms with Gasteiger partial charge in [-0.15, -0.1) is 11.3 Å². The number of benzene rings is 1. The van der Waals surface area contributed by atoms with Gasteiger partial charge in [-0.1, -0.05) is 29.8 Å². The van der Waals surface area contributed by atoms with E-state index < -0.39 is 26.9 Å². The predicted molar refractivity (Wildman–Crippen MR) is 97.4 cm³/mol. The third-order valence-electron chi connectivity index (χ3n) is 3.38. The van der Waals surface area contributed by atoms with Crippen LogP contribution >= 0.6 is 22.9 Å². The SMILES string of the molecule is CCNC(=O)C(=O)NC[C@@H](c1ccc(Cl)cc1)S(=O)(=O)c1cccs1. The summed E-state index contributed by atoms with van der Waals surface area (Å²) >= 11 is 6.96. The molecule has 9 heteroatoms. The second kappa shape index (κ2) is 8.46. The average molecular weight is 401 g/mol. The molecule has 1 aromatic carbocycles. The summed E-state index contributed by atoms with van der Waals surface area (Å²) in [6.07, 6.45) is 0. The van der Waals surface area contributed by atoms with Gasteiger partial charge in [0.15, 0.2) is 9.84 Å². The van der Waals surface area contributed by atoms with Crippen LogP contribution in [0.3, 0.4) is 0 Å². The van der Waals surface area contributed by atoms with E-state index >= 15 is 0 Å². The Morgan fingerprint density at radius 3 is 2.32 bits per heavy atom. The van der Waals surface area contributed by atoms with Crippen LogP contribution in [0.2, 0.25) is 5.02 Å². The van der Waals surface area contributed by atoms with Crippen molar-refractivity contribution in [3.8, 4) is 0 Å². The highest BCUT2D eigenvalue weighted by Crippen LogP contribution is 2.31. The molecule has 0 radical (unpaired) electrons. The monoisotopic (exact) mass is 400 g/mol. The molecule has 1 atom stereocenters. The maximum absolute atomic E-state index is 12.9. The number of nitrogens with one attached hydrogen (secondary N) is 2. The summed E-state index contributed by atoms with van der Waals surface area (Å²) in [7, 11) is -3.73. The Morgan fingerprint density at radius 2 is 1.76 bits per heavy atom. The van der Waals surface area contributed by atoms with Crippen LogP contribution in [0.5, 0.6) is 0 Å². The van der Waals surface area contributed by atoms with Crippen molar-refractivity contribution in [2.75, 3.05) is 13.1 Å². The van der Waals surface area contributed by atoms with Crippen LogP contribution < -0.4 is 10.6 Å². The van der Waals surface area contributed by atoms with E-state index in [0.717, 1.165) is 11.3 Å². The standard InChI is InChI=1S/C16H17ClN2O4S2/c1-2-18-15(20)16(21)19-10-13(11-5-7-12(17)8-6-11)25(22,23)14-4-3-9-24-14/h3-9,13H,2,10H2,1H3,(H,18,20)(H,19,21)/t13-/m0/s1. The highest BCUT2D eigenvalue weighted by molar-refractivity contribution is 7.93. The third kappa shape index (κ3) is 4.81. The minimum absolute atomic E-state index is 0.194. The van der Waals surface area contributed by atoms with Crippen LogP contribution in [0.1, 0.15) is 17.7 Å². The number of rotatable bonds is 6. The first-order valence-corrected chi connectivity index (χ1v) is 10.3. The molecule has 0 aliphatic carbocycles. The number of sulfone groups is 1. The van der Waals surface area contributed by atoms with Crippen molar-refractivity contribution in [3.63, 3.8) is 0 Å². The minimum Gasteiger partial charge on any atom is -0.348 e. The maximum atomic E-state index is 12.9. The number of likely N-dealkylation sites (N-methyl/N-ethyl adjacent to an activating group) is 1. The van der Waals surface area contributed by atoms with Gasteiger partial charge in [-0.25, -0.2) is 8.42 Å². The fourth-order valence-electron chi connectivity index (χ4n) is 2.16. The highest BCUT2D eigenvalue weighted by Gasteiger charge is 2.31. The molecular weight excluding hydrogens is 384 g/mol. The molecule has 1 aromatic heterocycles. The van der Waals surface area contributed by atoms with Crippen LogP contribution in [0.4, 0.5) is 0 Å². The van der Waals surface area contributed by atoms with Crippen molar-refractivity contribution in [2.45, 2.75) is 16.4 Å². The van der Waals surface area contributed by atoms with Crippen molar-refractivity contribution in [2.24, 2.45) is 0 Å². The lowest BCUT2D eigenvalue weighted by Crippen LogP contribution is -2.42. The molecule has 2 amide bonds. The van der Waals surface area contributed by atoms with Gasteiger partial charge in [-0.2, -0.15) is 0 Å². The van der Waals surface area contributed by atoms with E-state index in [4.69, 9.17) is 11.6 Å². The molecule has 0 fully saturated rings. The normalized spacial score (nSPS) is 12.4. The summed E-state index contributed by atoms with van der Waals surface area (Å²) in [5.41, 5.74) is 0.481. The van der Waals surface area contributed by atoms with Gasteiger partial charge in [0, 0.05) is 18.1 Å². The Morgan fingerprint density at radius 1 is 1.12 bits per heavy atom. The molecule has 2 aromatic rings. The molecule has 0 aliphatic heterocycles. The molecule has 0 bridgehead atoms. The molecule has 2 rings (SSSR count). The van der Waals surface area contributed by atoms with Crippen molar-refractivity contribution in [1.29, 1.82) is 0 Å². The van der Waals surface area contributed by atoms with Gasteiger partial charge in [0.25, 0.3) is 0 Å². The molecule has 0 aliphatic rings. The highest BCUT2D eigenvalue weighted by atomic mass is 35.5. The van der Waals surface area contributed by atoms with Crippen molar-refractivity contribution in [1.82, 2.24) is 10.6 Å². The Bertz CT molecular complexity index is 834. The molecule has 0 unspecified atom stereocenters. The summed E-state index contributed by atoms with van der Waals surface area (Å²) in [5, 5.41) is 5.87. The number of thiophene rings is 1. The van der Waals surface area contributed by atoms with Crippen LogP contribution in [0.25, 0.3) is 0 Å². The minimum atomic E-state index is -3.73. The van der Waals surface area contributed by atoms with E-state index in [-0.39, 0.29) is 10.8 Å². The number of carbonyl (C=O) groups excluding carboxylic acids is 2. The second-order valence-corrected chi connectivity index (χ2v) is 8.83. The van der Waals surface area contributed by atoms with Gasteiger partial charge >= 0.3 is 11.8 Å². The number of amides is 2. The van der Waals surface area contributed by atoms with Crippen molar-refractivity contribution < 1.29 is 18.0 Å². The van der Waals surface area contributed by atoms with E-state index in [1.54, 1.807) is 42.6 Å². The lowest BCUT2D eigenvalue weighted by molar-refractivity contribution is -0.139. The summed E-state index contributed by atoms with van der Waals surface area (Å²) in [6.45, 7) is 1.77. The number of hydrogen-bond acceptors (Lipinski definition) is 5. The molecule has 25 heavy (non-hydrogen) atoms. The lowest BCUT2D eigenvalue weighted by atomic mass is 10.1. The molecule has 134 valence electrons. The van der Waals surface area contributed by atoms with Gasteiger partial charge in [-0.3, -0.25) is 9.59 Å². The number of hydrogen-bond donors (Lipinski definition) is 2. The van der Waals surface area contributed by atoms with Crippen LogP contribution in [0, 0.1) is 0 Å². The van der Waals surface area contributed by atoms with Gasteiger partial charge in [-0.05, 0) is 36.1 Å². The van der Waals surface area contributed by atoms with Crippen LogP contribution in [-0.2, 0) is 19.4 Å². The zero-order chi connectivity index (χ0) is 18.4.